The first-order valence-corrected chi connectivity index (χ1v) is 10.3. The number of aliphatic hydroxyl groups excluding tert-OH is 1. The van der Waals surface area contributed by atoms with Crippen LogP contribution in [0.15, 0.2) is 0 Å². The Morgan fingerprint density at radius 3 is 2.45 bits per heavy atom. The van der Waals surface area contributed by atoms with Crippen molar-refractivity contribution in [3.05, 3.63) is 0 Å². The van der Waals surface area contributed by atoms with Crippen LogP contribution in [-0.4, -0.2) is 46.9 Å². The molecule has 0 spiro atoms. The fourth-order valence-corrected chi connectivity index (χ4v) is 4.99. The van der Waals surface area contributed by atoms with E-state index >= 15 is 0 Å². The minimum Gasteiger partial charge on any atom is -0.391 e. The maximum atomic E-state index is 12.2. The minimum atomic E-state index is -3.35. The average molecular weight is 334 g/mol. The van der Waals surface area contributed by atoms with Crippen LogP contribution in [0.2, 0.25) is 0 Å². The van der Waals surface area contributed by atoms with Crippen LogP contribution in [-0.2, 0) is 9.36 Å². The van der Waals surface area contributed by atoms with Crippen LogP contribution in [0.5, 0.6) is 0 Å². The third-order valence-corrected chi connectivity index (χ3v) is 6.38. The van der Waals surface area contributed by atoms with Gasteiger partial charge in [0.1, 0.15) is 0 Å². The molecule has 0 aromatic heterocycles. The smallest absolute Gasteiger partial charge is 0.237 e. The van der Waals surface area contributed by atoms with E-state index in [0.717, 1.165) is 25.7 Å². The summed E-state index contributed by atoms with van der Waals surface area (Å²) in [6.07, 6.45) is 4.55. The van der Waals surface area contributed by atoms with Crippen LogP contribution < -0.4 is 11.1 Å². The molecular weight excluding hydrogens is 303 g/mol. The summed E-state index contributed by atoms with van der Waals surface area (Å²) in [6.45, 7) is 3.65. The first-order valence-electron chi connectivity index (χ1n) is 8.23. The van der Waals surface area contributed by atoms with Crippen LogP contribution >= 0.6 is 7.37 Å². The van der Waals surface area contributed by atoms with E-state index in [0.29, 0.717) is 5.92 Å². The minimum absolute atomic E-state index is 0.00684. The van der Waals surface area contributed by atoms with Gasteiger partial charge < -0.3 is 21.1 Å². The van der Waals surface area contributed by atoms with Gasteiger partial charge in [-0.25, -0.2) is 0 Å². The van der Waals surface area contributed by atoms with Gasteiger partial charge in [-0.15, -0.1) is 0 Å². The Balaban J connectivity index is 2.34. The van der Waals surface area contributed by atoms with E-state index in [2.05, 4.69) is 5.32 Å². The molecule has 0 saturated heterocycles. The number of hydrogen-bond acceptors (Lipinski definition) is 4. The first-order chi connectivity index (χ1) is 10.2. The van der Waals surface area contributed by atoms with Crippen molar-refractivity contribution in [3.63, 3.8) is 0 Å². The summed E-state index contributed by atoms with van der Waals surface area (Å²) in [5, 5.41) is 12.4. The van der Waals surface area contributed by atoms with Crippen LogP contribution in [0, 0.1) is 11.8 Å². The van der Waals surface area contributed by atoms with Crippen LogP contribution in [0.1, 0.15) is 46.0 Å². The fraction of sp³-hybridized carbons (Fsp3) is 0.933. The molecule has 5 N–H and O–H groups in total. The molecule has 0 heterocycles. The molecule has 6 nitrogen and oxygen atoms in total. The second kappa shape index (κ2) is 9.02. The number of carbonyl (C=O) groups is 1. The zero-order valence-electron chi connectivity index (χ0n) is 13.7. The van der Waals surface area contributed by atoms with E-state index in [1.165, 1.54) is 6.42 Å². The van der Waals surface area contributed by atoms with Crippen molar-refractivity contribution >= 4 is 13.3 Å². The van der Waals surface area contributed by atoms with Gasteiger partial charge in [-0.2, -0.15) is 0 Å². The predicted octanol–water partition coefficient (Wildman–Crippen LogP) is 1.30. The van der Waals surface area contributed by atoms with Gasteiger partial charge in [0.25, 0.3) is 0 Å². The second-order valence-electron chi connectivity index (χ2n) is 6.88. The predicted molar refractivity (Wildman–Crippen MR) is 88.0 cm³/mol. The van der Waals surface area contributed by atoms with Crippen molar-refractivity contribution in [1.82, 2.24) is 5.32 Å². The third-order valence-electron chi connectivity index (χ3n) is 4.30. The van der Waals surface area contributed by atoms with Gasteiger partial charge >= 0.3 is 0 Å². The Bertz CT molecular complexity index is 397. The highest BCUT2D eigenvalue weighted by molar-refractivity contribution is 7.58. The monoisotopic (exact) mass is 334 g/mol. The van der Waals surface area contributed by atoms with Crippen molar-refractivity contribution in [2.24, 2.45) is 17.6 Å². The van der Waals surface area contributed by atoms with E-state index < -0.39 is 19.5 Å². The lowest BCUT2D eigenvalue weighted by Gasteiger charge is -2.25. The summed E-state index contributed by atoms with van der Waals surface area (Å²) in [7, 11) is -3.35. The molecule has 0 bridgehead atoms. The summed E-state index contributed by atoms with van der Waals surface area (Å²) in [4.78, 5) is 21.8. The first kappa shape index (κ1) is 19.6. The Morgan fingerprint density at radius 1 is 1.32 bits per heavy atom. The molecule has 130 valence electrons. The van der Waals surface area contributed by atoms with Gasteiger partial charge in [0, 0.05) is 12.7 Å². The van der Waals surface area contributed by atoms with Gasteiger partial charge in [-0.3, -0.25) is 9.36 Å². The van der Waals surface area contributed by atoms with Crippen molar-refractivity contribution in [2.45, 2.75) is 58.1 Å². The number of carbonyl (C=O) groups excluding carboxylic acids is 1. The summed E-state index contributed by atoms with van der Waals surface area (Å²) in [5.74, 6) is -0.0396. The van der Waals surface area contributed by atoms with Crippen molar-refractivity contribution in [2.75, 3.05) is 18.9 Å². The van der Waals surface area contributed by atoms with E-state index in [4.69, 9.17) is 5.73 Å². The summed E-state index contributed by atoms with van der Waals surface area (Å²) >= 11 is 0. The molecule has 0 aromatic rings. The zero-order chi connectivity index (χ0) is 16.8. The van der Waals surface area contributed by atoms with Crippen molar-refractivity contribution in [1.29, 1.82) is 0 Å². The lowest BCUT2D eigenvalue weighted by atomic mass is 9.91. The molecule has 22 heavy (non-hydrogen) atoms. The molecule has 7 heteroatoms. The maximum absolute atomic E-state index is 12.2. The second-order valence-corrected chi connectivity index (χ2v) is 9.31. The third kappa shape index (κ3) is 7.23. The maximum Gasteiger partial charge on any atom is 0.237 e. The van der Waals surface area contributed by atoms with Gasteiger partial charge in [0.2, 0.25) is 13.3 Å². The molecule has 1 fully saturated rings. The molecule has 3 atom stereocenters. The number of amides is 1. The Hall–Kier alpha value is -0.420. The SMILES string of the molecule is CC(C)[C@H](N)C(=O)NC[C@@H](O)CP(=O)(O)CC1CCCCC1. The topological polar surface area (TPSA) is 113 Å². The van der Waals surface area contributed by atoms with Crippen molar-refractivity contribution in [3.8, 4) is 0 Å². The summed E-state index contributed by atoms with van der Waals surface area (Å²) in [6, 6.07) is -0.629. The van der Waals surface area contributed by atoms with Crippen molar-refractivity contribution < 1.29 is 19.4 Å². The number of nitrogens with one attached hydrogen (secondary N) is 1. The number of aliphatic hydroxyl groups is 1. The van der Waals surface area contributed by atoms with E-state index in [1.807, 2.05) is 13.8 Å². The summed E-state index contributed by atoms with van der Waals surface area (Å²) < 4.78 is 12.2. The van der Waals surface area contributed by atoms with Gasteiger partial charge in [0.05, 0.1) is 18.3 Å². The average Bonchev–Trinajstić information content (AvgIpc) is 2.43. The Morgan fingerprint density at radius 2 is 1.91 bits per heavy atom. The highest BCUT2D eigenvalue weighted by Crippen LogP contribution is 2.45. The Labute approximate surface area is 133 Å². The lowest BCUT2D eigenvalue weighted by Crippen LogP contribution is -2.46. The van der Waals surface area contributed by atoms with E-state index in [-0.39, 0.29) is 30.7 Å². The molecular formula is C15H31N2O4P. The lowest BCUT2D eigenvalue weighted by molar-refractivity contribution is -0.123. The molecule has 1 saturated carbocycles. The highest BCUT2D eigenvalue weighted by atomic mass is 31.2. The fourth-order valence-electron chi connectivity index (χ4n) is 2.88. The van der Waals surface area contributed by atoms with Gasteiger partial charge in [-0.05, 0) is 24.7 Å². The Kier molecular flexibility index (Phi) is 8.04. The normalized spacial score (nSPS) is 22.1. The van der Waals surface area contributed by atoms with Gasteiger partial charge in [-0.1, -0.05) is 33.1 Å². The number of hydrogen-bond donors (Lipinski definition) is 4. The molecule has 1 aliphatic rings. The molecule has 1 unspecified atom stereocenters. The van der Waals surface area contributed by atoms with Gasteiger partial charge in [0.15, 0.2) is 0 Å². The molecule has 1 amide bonds. The molecule has 0 radical (unpaired) electrons. The number of nitrogens with two attached hydrogens (primary N) is 1. The van der Waals surface area contributed by atoms with Crippen LogP contribution in [0.3, 0.4) is 0 Å². The standard InChI is InChI=1S/C15H31N2O4P/c1-11(2)14(16)15(19)17-8-13(18)10-22(20,21)9-12-6-4-3-5-7-12/h11-14,18H,3-10,16H2,1-2H3,(H,17,19)(H,20,21)/t13-,14+/m1/s1. The molecule has 1 aliphatic carbocycles. The van der Waals surface area contributed by atoms with Crippen LogP contribution in [0.4, 0.5) is 0 Å². The molecule has 0 aliphatic heterocycles. The van der Waals surface area contributed by atoms with Crippen LogP contribution in [0.25, 0.3) is 0 Å². The van der Waals surface area contributed by atoms with E-state index in [9.17, 15) is 19.4 Å². The highest BCUT2D eigenvalue weighted by Gasteiger charge is 2.28. The van der Waals surface area contributed by atoms with E-state index in [1.54, 1.807) is 0 Å². The number of rotatable bonds is 8. The molecule has 0 aromatic carbocycles. The zero-order valence-corrected chi connectivity index (χ0v) is 14.6. The largest absolute Gasteiger partial charge is 0.391 e. The quantitative estimate of drug-likeness (QED) is 0.500. The summed E-state index contributed by atoms with van der Waals surface area (Å²) in [5.41, 5.74) is 5.70. The molecule has 1 rings (SSSR count).